The van der Waals surface area contributed by atoms with Gasteiger partial charge in [-0.15, -0.1) is 0 Å². The van der Waals surface area contributed by atoms with Crippen molar-refractivity contribution < 1.29 is 9.22 Å². The van der Waals surface area contributed by atoms with Gasteiger partial charge in [0.05, 0.1) is 18.6 Å². The van der Waals surface area contributed by atoms with Crippen molar-refractivity contribution in [1.29, 1.82) is 0 Å². The van der Waals surface area contributed by atoms with Crippen LogP contribution in [0.5, 0.6) is 5.75 Å². The second kappa shape index (κ2) is 6.79. The lowest BCUT2D eigenvalue weighted by Gasteiger charge is -2.45. The molecule has 0 saturated heterocycles. The molecule has 1 aromatic carbocycles. The van der Waals surface area contributed by atoms with Crippen LogP contribution in [0.4, 0.5) is 0 Å². The Balaban J connectivity index is 2.58. The third-order valence-corrected chi connectivity index (χ3v) is 4.11. The summed E-state index contributed by atoms with van der Waals surface area (Å²) >= 11 is 0. The number of rotatable bonds is 7. The fourth-order valence-electron chi connectivity index (χ4n) is 2.80. The molecule has 0 aromatic heterocycles. The van der Waals surface area contributed by atoms with E-state index < -0.39 is 0 Å². The molecule has 18 heavy (non-hydrogen) atoms. The Morgan fingerprint density at radius 1 is 1.11 bits per heavy atom. The van der Waals surface area contributed by atoms with E-state index in [0.717, 1.165) is 29.9 Å². The number of benzene rings is 1. The lowest BCUT2D eigenvalue weighted by atomic mass is 10.1. The van der Waals surface area contributed by atoms with Crippen molar-refractivity contribution in [3.63, 3.8) is 0 Å². The van der Waals surface area contributed by atoms with E-state index in [-0.39, 0.29) is 0 Å². The van der Waals surface area contributed by atoms with Crippen molar-refractivity contribution in [3.8, 4) is 5.75 Å². The summed E-state index contributed by atoms with van der Waals surface area (Å²) in [7, 11) is 0. The van der Waals surface area contributed by atoms with Crippen LogP contribution in [0.2, 0.25) is 0 Å². The van der Waals surface area contributed by atoms with Crippen LogP contribution in [0, 0.1) is 6.07 Å². The normalized spacial score (nSPS) is 12.2. The van der Waals surface area contributed by atoms with E-state index in [1.54, 1.807) is 0 Å². The molecule has 0 bridgehead atoms. The van der Waals surface area contributed by atoms with Crippen molar-refractivity contribution in [1.82, 2.24) is 0 Å². The minimum Gasteiger partial charge on any atom is -0.488 e. The predicted molar refractivity (Wildman–Crippen MR) is 76.7 cm³/mol. The Morgan fingerprint density at radius 3 is 2.11 bits per heavy atom. The summed E-state index contributed by atoms with van der Waals surface area (Å²) in [6.07, 6.45) is 0. The van der Waals surface area contributed by atoms with Gasteiger partial charge in [-0.25, -0.2) is 0 Å². The highest BCUT2D eigenvalue weighted by Crippen LogP contribution is 2.19. The van der Waals surface area contributed by atoms with Crippen molar-refractivity contribution in [3.05, 3.63) is 30.3 Å². The third-order valence-electron chi connectivity index (χ3n) is 4.11. The summed E-state index contributed by atoms with van der Waals surface area (Å²) in [6, 6.07) is 12.0. The van der Waals surface area contributed by atoms with E-state index in [1.807, 2.05) is 24.3 Å². The van der Waals surface area contributed by atoms with Gasteiger partial charge in [0, 0.05) is 0 Å². The highest BCUT2D eigenvalue weighted by molar-refractivity contribution is 5.20. The zero-order valence-corrected chi connectivity index (χ0v) is 12.4. The van der Waals surface area contributed by atoms with Gasteiger partial charge in [0.2, 0.25) is 0 Å². The van der Waals surface area contributed by atoms with Crippen LogP contribution in [0.15, 0.2) is 24.3 Å². The quantitative estimate of drug-likeness (QED) is 0.672. The maximum Gasteiger partial charge on any atom is 0.137 e. The van der Waals surface area contributed by atoms with Crippen LogP contribution in [0.25, 0.3) is 0 Å². The molecule has 0 saturated carbocycles. The zero-order valence-electron chi connectivity index (χ0n) is 12.4. The van der Waals surface area contributed by atoms with Gasteiger partial charge in [-0.05, 0) is 52.8 Å². The molecule has 0 aliphatic carbocycles. The van der Waals surface area contributed by atoms with E-state index in [2.05, 4.69) is 40.7 Å². The smallest absolute Gasteiger partial charge is 0.137 e. The molecule has 0 aliphatic heterocycles. The number of likely N-dealkylation sites (N-methyl/N-ethyl adjacent to an activating group) is 1. The summed E-state index contributed by atoms with van der Waals surface area (Å²) in [5, 5.41) is 0. The molecule has 0 amide bonds. The van der Waals surface area contributed by atoms with E-state index in [1.165, 1.54) is 0 Å². The molecule has 1 rings (SSSR count). The number of hydrogen-bond acceptors (Lipinski definition) is 1. The molecule has 0 aliphatic rings. The molecule has 0 fully saturated rings. The molecule has 0 atom stereocenters. The van der Waals surface area contributed by atoms with Crippen molar-refractivity contribution in [2.75, 3.05) is 19.7 Å². The van der Waals surface area contributed by atoms with Crippen LogP contribution >= 0.6 is 0 Å². The van der Waals surface area contributed by atoms with E-state index in [9.17, 15) is 0 Å². The average molecular weight is 249 g/mol. The second-order valence-corrected chi connectivity index (χ2v) is 5.41. The van der Waals surface area contributed by atoms with Crippen LogP contribution < -0.4 is 4.74 Å². The lowest BCUT2D eigenvalue weighted by molar-refractivity contribution is -0.965. The van der Waals surface area contributed by atoms with Crippen LogP contribution in [-0.2, 0) is 0 Å². The molecule has 1 aromatic rings. The largest absolute Gasteiger partial charge is 0.488 e. The van der Waals surface area contributed by atoms with Gasteiger partial charge in [-0.1, -0.05) is 12.1 Å². The van der Waals surface area contributed by atoms with E-state index in [0.29, 0.717) is 12.1 Å². The highest BCUT2D eigenvalue weighted by atomic mass is 16.5. The molecule has 0 unspecified atom stereocenters. The first-order valence-corrected chi connectivity index (χ1v) is 6.98. The first kappa shape index (κ1) is 15.0. The molecule has 0 spiro atoms. The van der Waals surface area contributed by atoms with Gasteiger partial charge in [-0.2, -0.15) is 0 Å². The maximum absolute atomic E-state index is 5.83. The first-order valence-electron chi connectivity index (χ1n) is 6.98. The van der Waals surface area contributed by atoms with Crippen LogP contribution in [0.1, 0.15) is 34.6 Å². The van der Waals surface area contributed by atoms with Crippen LogP contribution in [-0.4, -0.2) is 36.3 Å². The van der Waals surface area contributed by atoms with E-state index >= 15 is 0 Å². The summed E-state index contributed by atoms with van der Waals surface area (Å²) in [5.41, 5.74) is 0. The van der Waals surface area contributed by atoms with Gasteiger partial charge in [-0.3, -0.25) is 0 Å². The number of quaternary nitrogens is 1. The number of nitrogens with zero attached hydrogens (tertiary/aromatic N) is 1. The molecular formula is C16H27NO+. The SMILES string of the molecule is CC[N+](CCOc1cc[c]cc1)(C(C)C)C(C)C. The number of ether oxygens (including phenoxy) is 1. The van der Waals surface area contributed by atoms with Gasteiger partial charge in [0.1, 0.15) is 18.9 Å². The molecule has 0 heterocycles. The molecule has 0 N–H and O–H groups in total. The third kappa shape index (κ3) is 3.49. The van der Waals surface area contributed by atoms with Crippen LogP contribution in [0.3, 0.4) is 0 Å². The molecule has 2 heteroatoms. The zero-order chi connectivity index (χ0) is 13.6. The molecule has 2 nitrogen and oxygen atoms in total. The Kier molecular flexibility index (Phi) is 5.67. The number of hydrogen-bond donors (Lipinski definition) is 0. The minimum atomic E-state index is 0.628. The second-order valence-electron chi connectivity index (χ2n) is 5.41. The summed E-state index contributed by atoms with van der Waals surface area (Å²) in [5.74, 6) is 0.940. The fraction of sp³-hybridized carbons (Fsp3) is 0.625. The molecule has 1 radical (unpaired) electrons. The van der Waals surface area contributed by atoms with Crippen molar-refractivity contribution >= 4 is 0 Å². The summed E-state index contributed by atoms with van der Waals surface area (Å²) in [6.45, 7) is 14.5. The Bertz CT molecular complexity index is 324. The minimum absolute atomic E-state index is 0.628. The monoisotopic (exact) mass is 249 g/mol. The lowest BCUT2D eigenvalue weighted by Crippen LogP contribution is -2.59. The van der Waals surface area contributed by atoms with Crippen molar-refractivity contribution in [2.45, 2.75) is 46.7 Å². The van der Waals surface area contributed by atoms with Gasteiger partial charge in [0.15, 0.2) is 0 Å². The Labute approximate surface area is 112 Å². The first-order chi connectivity index (χ1) is 8.53. The van der Waals surface area contributed by atoms with Crippen molar-refractivity contribution in [2.24, 2.45) is 0 Å². The summed E-state index contributed by atoms with van der Waals surface area (Å²) in [4.78, 5) is 0. The Hall–Kier alpha value is -1.02. The average Bonchev–Trinajstić information content (AvgIpc) is 2.35. The standard InChI is InChI=1S/C16H27NO/c1-6-17(14(2)3,15(4)5)12-13-18-16-10-8-7-9-11-16/h8-11,14-15H,6,12-13H2,1-5H3/q+1. The predicted octanol–water partition coefficient (Wildman–Crippen LogP) is 3.52. The van der Waals surface area contributed by atoms with Gasteiger partial charge >= 0.3 is 0 Å². The maximum atomic E-state index is 5.83. The summed E-state index contributed by atoms with van der Waals surface area (Å²) < 4.78 is 6.94. The van der Waals surface area contributed by atoms with Gasteiger partial charge in [0.25, 0.3) is 0 Å². The molecular weight excluding hydrogens is 222 g/mol. The molecule has 101 valence electrons. The fourth-order valence-corrected chi connectivity index (χ4v) is 2.80. The van der Waals surface area contributed by atoms with Gasteiger partial charge < -0.3 is 9.22 Å². The topological polar surface area (TPSA) is 9.23 Å². The Morgan fingerprint density at radius 2 is 1.67 bits per heavy atom. The van der Waals surface area contributed by atoms with E-state index in [4.69, 9.17) is 4.74 Å². The highest BCUT2D eigenvalue weighted by Gasteiger charge is 2.32.